The largest absolute Gasteiger partial charge is 4.00 e. The zero-order valence-electron chi connectivity index (χ0n) is 11.0. The summed E-state index contributed by atoms with van der Waals surface area (Å²) in [4.78, 5) is 0. The maximum atomic E-state index is 2.12. The molecule has 0 aliphatic carbocycles. The molecule has 0 unspecified atom stereocenters. The molecule has 0 aromatic heterocycles. The van der Waals surface area contributed by atoms with E-state index in [4.69, 9.17) is 0 Å². The van der Waals surface area contributed by atoms with Gasteiger partial charge >= 0.3 is 26.2 Å². The van der Waals surface area contributed by atoms with Crippen molar-refractivity contribution in [3.8, 4) is 0 Å². The van der Waals surface area contributed by atoms with Crippen molar-refractivity contribution in [1.82, 2.24) is 0 Å². The summed E-state index contributed by atoms with van der Waals surface area (Å²) in [5, 5.41) is 2.66. The Balaban J connectivity index is 0. The van der Waals surface area contributed by atoms with Crippen LogP contribution in [0.4, 0.5) is 0 Å². The third kappa shape index (κ3) is 6.08. The molecule has 0 N–H and O–H groups in total. The molecule has 0 atom stereocenters. The fourth-order valence-electron chi connectivity index (χ4n) is 1.67. The Hall–Kier alpha value is -0.357. The third-order valence-electron chi connectivity index (χ3n) is 2.86. The first-order valence-electron chi connectivity index (χ1n) is 5.57. The SMILES string of the molecule is Cc1c[cH-]cc1C.[Cl-].[Cl-].[Zr+4].c1ccc2[cH-]ccc2c1. The molecule has 0 nitrogen and oxygen atoms in total. The Kier molecular flexibility index (Phi) is 11.5. The molecule has 98 valence electrons. The number of halogens is 2. The Bertz CT molecular complexity index is 520. The molecular formula is C16H16Cl2Zr. The Morgan fingerprint density at radius 1 is 0.842 bits per heavy atom. The van der Waals surface area contributed by atoms with Crippen LogP contribution in [0.3, 0.4) is 0 Å². The molecule has 0 saturated heterocycles. The van der Waals surface area contributed by atoms with Crippen molar-refractivity contribution in [2.24, 2.45) is 0 Å². The van der Waals surface area contributed by atoms with Crippen LogP contribution >= 0.6 is 0 Å². The summed E-state index contributed by atoms with van der Waals surface area (Å²) in [6, 6.07) is 21.0. The molecule has 0 aliphatic rings. The van der Waals surface area contributed by atoms with Gasteiger partial charge in [-0.1, -0.05) is 19.9 Å². The summed E-state index contributed by atoms with van der Waals surface area (Å²) < 4.78 is 0. The van der Waals surface area contributed by atoms with Crippen molar-refractivity contribution in [2.45, 2.75) is 13.8 Å². The van der Waals surface area contributed by atoms with E-state index >= 15 is 0 Å². The van der Waals surface area contributed by atoms with Gasteiger partial charge in [-0.25, -0.2) is 0 Å². The first-order valence-corrected chi connectivity index (χ1v) is 5.57. The van der Waals surface area contributed by atoms with E-state index in [1.54, 1.807) is 0 Å². The molecule has 0 aliphatic heterocycles. The minimum atomic E-state index is 0. The van der Waals surface area contributed by atoms with Gasteiger partial charge in [0.15, 0.2) is 0 Å². The van der Waals surface area contributed by atoms with Gasteiger partial charge in [-0.2, -0.15) is 46.8 Å². The van der Waals surface area contributed by atoms with Gasteiger partial charge < -0.3 is 24.8 Å². The monoisotopic (exact) mass is 368 g/mol. The maximum absolute atomic E-state index is 2.12. The van der Waals surface area contributed by atoms with E-state index < -0.39 is 0 Å². The van der Waals surface area contributed by atoms with Crippen LogP contribution in [0, 0.1) is 13.8 Å². The zero-order chi connectivity index (χ0) is 11.4. The van der Waals surface area contributed by atoms with Crippen molar-refractivity contribution >= 4 is 10.8 Å². The standard InChI is InChI=1S/C9H7.C7H9.2ClH.Zr/c1-2-5-9-7-3-6-8(9)4-1;1-6-4-3-5-7(6)2;;;/h1-7H;3-5H,1-2H3;2*1H;/q2*-1;;;+4/p-2. The van der Waals surface area contributed by atoms with Gasteiger partial charge in [0.05, 0.1) is 0 Å². The molecule has 0 bridgehead atoms. The minimum absolute atomic E-state index is 0. The second kappa shape index (κ2) is 10.4. The van der Waals surface area contributed by atoms with E-state index in [-0.39, 0.29) is 51.0 Å². The second-order valence-corrected chi connectivity index (χ2v) is 4.05. The Morgan fingerprint density at radius 3 is 1.89 bits per heavy atom. The number of aryl methyl sites for hydroxylation is 2. The van der Waals surface area contributed by atoms with Crippen molar-refractivity contribution in [3.63, 3.8) is 0 Å². The zero-order valence-corrected chi connectivity index (χ0v) is 15.0. The number of hydrogen-bond donors (Lipinski definition) is 0. The van der Waals surface area contributed by atoms with E-state index in [9.17, 15) is 0 Å². The van der Waals surface area contributed by atoms with Crippen LogP contribution in [0.1, 0.15) is 11.1 Å². The van der Waals surface area contributed by atoms with Gasteiger partial charge in [-0.05, 0) is 0 Å². The second-order valence-electron chi connectivity index (χ2n) is 4.05. The summed E-state index contributed by atoms with van der Waals surface area (Å²) >= 11 is 0. The minimum Gasteiger partial charge on any atom is -1.00 e. The van der Waals surface area contributed by atoms with E-state index in [1.807, 2.05) is 0 Å². The van der Waals surface area contributed by atoms with E-state index in [1.165, 1.54) is 21.9 Å². The summed E-state index contributed by atoms with van der Waals surface area (Å²) in [7, 11) is 0. The van der Waals surface area contributed by atoms with E-state index in [0.29, 0.717) is 0 Å². The first-order chi connectivity index (χ1) is 7.77. The molecule has 0 fully saturated rings. The molecule has 0 spiro atoms. The Morgan fingerprint density at radius 2 is 1.42 bits per heavy atom. The topological polar surface area (TPSA) is 0 Å². The van der Waals surface area contributed by atoms with Crippen LogP contribution in [-0.2, 0) is 26.2 Å². The summed E-state index contributed by atoms with van der Waals surface area (Å²) in [5.41, 5.74) is 2.78. The van der Waals surface area contributed by atoms with Crippen molar-refractivity contribution < 1.29 is 51.0 Å². The summed E-state index contributed by atoms with van der Waals surface area (Å²) in [5.74, 6) is 0. The molecule has 0 amide bonds. The molecule has 3 rings (SSSR count). The predicted molar refractivity (Wildman–Crippen MR) is 71.1 cm³/mol. The summed E-state index contributed by atoms with van der Waals surface area (Å²) in [6.07, 6.45) is 0. The molecule has 3 heteroatoms. The van der Waals surface area contributed by atoms with Gasteiger partial charge in [-0.15, -0.1) is 29.7 Å². The fourth-order valence-corrected chi connectivity index (χ4v) is 1.67. The average molecular weight is 370 g/mol. The van der Waals surface area contributed by atoms with Crippen molar-refractivity contribution in [1.29, 1.82) is 0 Å². The van der Waals surface area contributed by atoms with Crippen molar-refractivity contribution in [3.05, 3.63) is 71.8 Å². The fraction of sp³-hybridized carbons (Fsp3) is 0.125. The number of fused-ring (bicyclic) bond motifs is 1. The molecule has 0 saturated carbocycles. The van der Waals surface area contributed by atoms with E-state index in [0.717, 1.165) is 0 Å². The number of hydrogen-bond acceptors (Lipinski definition) is 0. The third-order valence-corrected chi connectivity index (χ3v) is 2.86. The van der Waals surface area contributed by atoms with E-state index in [2.05, 4.69) is 74.5 Å². The molecule has 3 aromatic rings. The normalized spacial score (nSPS) is 8.32. The van der Waals surface area contributed by atoms with Crippen LogP contribution in [0.5, 0.6) is 0 Å². The molecular weight excluding hydrogens is 354 g/mol. The average Bonchev–Trinajstić information content (AvgIpc) is 2.89. The number of benzene rings is 1. The smallest absolute Gasteiger partial charge is 1.00 e. The van der Waals surface area contributed by atoms with Crippen LogP contribution in [-0.4, -0.2) is 0 Å². The molecule has 3 aromatic carbocycles. The van der Waals surface area contributed by atoms with Gasteiger partial charge in [0, 0.05) is 0 Å². The van der Waals surface area contributed by atoms with Crippen LogP contribution in [0.25, 0.3) is 10.8 Å². The summed E-state index contributed by atoms with van der Waals surface area (Å²) in [6.45, 7) is 4.24. The number of rotatable bonds is 0. The first kappa shape index (κ1) is 21.0. The molecule has 0 radical (unpaired) electrons. The van der Waals surface area contributed by atoms with Crippen LogP contribution in [0.2, 0.25) is 0 Å². The quantitative estimate of drug-likeness (QED) is 0.427. The van der Waals surface area contributed by atoms with Gasteiger partial charge in [0.1, 0.15) is 0 Å². The van der Waals surface area contributed by atoms with Crippen molar-refractivity contribution in [2.75, 3.05) is 0 Å². The van der Waals surface area contributed by atoms with Gasteiger partial charge in [0.25, 0.3) is 0 Å². The van der Waals surface area contributed by atoms with Gasteiger partial charge in [0.2, 0.25) is 0 Å². The van der Waals surface area contributed by atoms with Crippen LogP contribution < -0.4 is 24.8 Å². The van der Waals surface area contributed by atoms with Gasteiger partial charge in [-0.3, -0.25) is 0 Å². The molecule has 0 heterocycles. The Labute approximate surface area is 146 Å². The van der Waals surface area contributed by atoms with Crippen LogP contribution in [0.15, 0.2) is 60.7 Å². The maximum Gasteiger partial charge on any atom is 4.00 e. The molecule has 19 heavy (non-hydrogen) atoms. The predicted octanol–water partition coefficient (Wildman–Crippen LogP) is -1.41.